The van der Waals surface area contributed by atoms with Crippen LogP contribution in [-0.4, -0.2) is 13.1 Å². The van der Waals surface area contributed by atoms with Gasteiger partial charge in [0, 0.05) is 5.69 Å². The molecule has 0 bridgehead atoms. The van der Waals surface area contributed by atoms with Crippen molar-refractivity contribution in [2.24, 2.45) is 11.8 Å². The summed E-state index contributed by atoms with van der Waals surface area (Å²) in [6.45, 7) is 4.57. The number of nitrogen functional groups attached to an aromatic ring is 1. The normalized spacial score (nSPS) is 24.1. The molecule has 2 rings (SSSR count). The average molecular weight is 204 g/mol. The molecule has 0 radical (unpaired) electrons. The van der Waals surface area contributed by atoms with Crippen LogP contribution in [0.15, 0.2) is 24.3 Å². The van der Waals surface area contributed by atoms with E-state index in [0.29, 0.717) is 0 Å². The summed E-state index contributed by atoms with van der Waals surface area (Å²) >= 11 is 0. The second-order valence-corrected chi connectivity index (χ2v) is 4.67. The molecule has 1 aliphatic rings. The van der Waals surface area contributed by atoms with E-state index in [-0.39, 0.29) is 0 Å². The third kappa shape index (κ3) is 3.24. The third-order valence-electron chi connectivity index (χ3n) is 3.22. The van der Waals surface area contributed by atoms with Gasteiger partial charge in [-0.1, -0.05) is 19.1 Å². The number of benzene rings is 1. The van der Waals surface area contributed by atoms with E-state index in [2.05, 4.69) is 24.4 Å². The van der Waals surface area contributed by atoms with Crippen LogP contribution in [0.2, 0.25) is 0 Å². The monoisotopic (exact) mass is 204 g/mol. The van der Waals surface area contributed by atoms with Gasteiger partial charge in [0.25, 0.3) is 0 Å². The molecule has 0 aliphatic heterocycles. The van der Waals surface area contributed by atoms with Crippen LogP contribution in [0.5, 0.6) is 0 Å². The molecule has 15 heavy (non-hydrogen) atoms. The molecule has 0 amide bonds. The van der Waals surface area contributed by atoms with Gasteiger partial charge in [0.15, 0.2) is 0 Å². The van der Waals surface area contributed by atoms with Crippen molar-refractivity contribution < 1.29 is 0 Å². The molecule has 2 heteroatoms. The van der Waals surface area contributed by atoms with Crippen molar-refractivity contribution in [3.05, 3.63) is 29.8 Å². The quantitative estimate of drug-likeness (QED) is 0.569. The van der Waals surface area contributed by atoms with Gasteiger partial charge in [-0.3, -0.25) is 0 Å². The fraction of sp³-hybridized carbons (Fsp3) is 0.538. The van der Waals surface area contributed by atoms with E-state index in [9.17, 15) is 0 Å². The summed E-state index contributed by atoms with van der Waals surface area (Å²) in [5.74, 6) is 1.88. The second-order valence-electron chi connectivity index (χ2n) is 4.67. The molecule has 3 N–H and O–H groups in total. The minimum Gasteiger partial charge on any atom is -0.399 e. The van der Waals surface area contributed by atoms with E-state index < -0.39 is 0 Å². The summed E-state index contributed by atoms with van der Waals surface area (Å²) < 4.78 is 0. The lowest BCUT2D eigenvalue weighted by atomic mass is 10.1. The van der Waals surface area contributed by atoms with Crippen molar-refractivity contribution in [1.29, 1.82) is 0 Å². The van der Waals surface area contributed by atoms with Crippen LogP contribution < -0.4 is 11.1 Å². The van der Waals surface area contributed by atoms with Gasteiger partial charge < -0.3 is 11.1 Å². The zero-order chi connectivity index (χ0) is 10.7. The predicted octanol–water partition coefficient (Wildman–Crippen LogP) is 2.06. The highest BCUT2D eigenvalue weighted by Crippen LogP contribution is 2.36. The van der Waals surface area contributed by atoms with Gasteiger partial charge in [-0.05, 0) is 55.5 Å². The van der Waals surface area contributed by atoms with Crippen LogP contribution in [0.25, 0.3) is 0 Å². The molecular weight excluding hydrogens is 184 g/mol. The summed E-state index contributed by atoms with van der Waals surface area (Å²) in [4.78, 5) is 0. The molecule has 2 unspecified atom stereocenters. The zero-order valence-corrected chi connectivity index (χ0v) is 9.37. The van der Waals surface area contributed by atoms with Crippen molar-refractivity contribution in [3.8, 4) is 0 Å². The lowest BCUT2D eigenvalue weighted by Crippen LogP contribution is -2.20. The summed E-state index contributed by atoms with van der Waals surface area (Å²) in [6, 6.07) is 8.15. The molecule has 2 nitrogen and oxygen atoms in total. The van der Waals surface area contributed by atoms with E-state index in [4.69, 9.17) is 5.73 Å². The fourth-order valence-corrected chi connectivity index (χ4v) is 1.95. The van der Waals surface area contributed by atoms with Crippen LogP contribution in [-0.2, 0) is 6.42 Å². The molecule has 1 aromatic rings. The summed E-state index contributed by atoms with van der Waals surface area (Å²) in [7, 11) is 0. The Balaban J connectivity index is 1.65. The van der Waals surface area contributed by atoms with Gasteiger partial charge in [0.2, 0.25) is 0 Å². The number of anilines is 1. The molecule has 2 atom stereocenters. The van der Waals surface area contributed by atoms with Gasteiger partial charge in [-0.15, -0.1) is 0 Å². The topological polar surface area (TPSA) is 38.0 Å². The van der Waals surface area contributed by atoms with Gasteiger partial charge >= 0.3 is 0 Å². The molecule has 1 aromatic carbocycles. The standard InChI is InChI=1S/C13H20N2/c1-10-7-12(10)9-15-6-5-11-3-2-4-13(14)8-11/h2-4,8,10,12,15H,5-7,9,14H2,1H3. The Hall–Kier alpha value is -1.02. The first kappa shape index (κ1) is 10.5. The van der Waals surface area contributed by atoms with Crippen LogP contribution in [0, 0.1) is 11.8 Å². The Labute approximate surface area is 91.9 Å². The Morgan fingerprint density at radius 3 is 2.93 bits per heavy atom. The lowest BCUT2D eigenvalue weighted by molar-refractivity contribution is 0.612. The summed E-state index contributed by atoms with van der Waals surface area (Å²) in [5.41, 5.74) is 7.91. The first-order valence-electron chi connectivity index (χ1n) is 5.81. The Kier molecular flexibility index (Phi) is 3.27. The van der Waals surface area contributed by atoms with Crippen molar-refractivity contribution in [1.82, 2.24) is 5.32 Å². The smallest absolute Gasteiger partial charge is 0.0316 e. The van der Waals surface area contributed by atoms with Crippen LogP contribution in [0.3, 0.4) is 0 Å². The minimum absolute atomic E-state index is 0.864. The molecular formula is C13H20N2. The number of nitrogens with one attached hydrogen (secondary N) is 1. The minimum atomic E-state index is 0.864. The highest BCUT2D eigenvalue weighted by molar-refractivity contribution is 5.40. The van der Waals surface area contributed by atoms with Crippen molar-refractivity contribution in [2.75, 3.05) is 18.8 Å². The van der Waals surface area contributed by atoms with Gasteiger partial charge in [0.1, 0.15) is 0 Å². The van der Waals surface area contributed by atoms with Gasteiger partial charge in [-0.25, -0.2) is 0 Å². The maximum absolute atomic E-state index is 5.72. The molecule has 1 saturated carbocycles. The van der Waals surface area contributed by atoms with Crippen LogP contribution >= 0.6 is 0 Å². The number of hydrogen-bond donors (Lipinski definition) is 2. The highest BCUT2D eigenvalue weighted by Gasteiger charge is 2.31. The van der Waals surface area contributed by atoms with Crippen LogP contribution in [0.4, 0.5) is 5.69 Å². The third-order valence-corrected chi connectivity index (χ3v) is 3.22. The molecule has 0 aromatic heterocycles. The largest absolute Gasteiger partial charge is 0.399 e. The molecule has 82 valence electrons. The van der Waals surface area contributed by atoms with Crippen LogP contribution in [0.1, 0.15) is 18.9 Å². The van der Waals surface area contributed by atoms with E-state index in [0.717, 1.165) is 30.5 Å². The Morgan fingerprint density at radius 2 is 2.27 bits per heavy atom. The van der Waals surface area contributed by atoms with Crippen molar-refractivity contribution in [2.45, 2.75) is 19.8 Å². The maximum Gasteiger partial charge on any atom is 0.0316 e. The molecule has 0 saturated heterocycles. The average Bonchev–Trinajstić information content (AvgIpc) is 2.90. The summed E-state index contributed by atoms with van der Waals surface area (Å²) in [6.07, 6.45) is 2.48. The van der Waals surface area contributed by atoms with E-state index >= 15 is 0 Å². The predicted molar refractivity (Wildman–Crippen MR) is 64.7 cm³/mol. The lowest BCUT2D eigenvalue weighted by Gasteiger charge is -2.04. The van der Waals surface area contributed by atoms with Crippen molar-refractivity contribution in [3.63, 3.8) is 0 Å². The molecule has 1 fully saturated rings. The Bertz CT molecular complexity index is 322. The number of hydrogen-bond acceptors (Lipinski definition) is 2. The number of nitrogens with two attached hydrogens (primary N) is 1. The molecule has 1 aliphatic carbocycles. The first-order valence-corrected chi connectivity index (χ1v) is 5.81. The van der Waals surface area contributed by atoms with E-state index in [1.165, 1.54) is 18.5 Å². The maximum atomic E-state index is 5.72. The van der Waals surface area contributed by atoms with E-state index in [1.807, 2.05) is 12.1 Å². The Morgan fingerprint density at radius 1 is 1.47 bits per heavy atom. The SMILES string of the molecule is CC1CC1CNCCc1cccc(N)c1. The van der Waals surface area contributed by atoms with Gasteiger partial charge in [-0.2, -0.15) is 0 Å². The summed E-state index contributed by atoms with van der Waals surface area (Å²) in [5, 5.41) is 3.50. The van der Waals surface area contributed by atoms with Gasteiger partial charge in [0.05, 0.1) is 0 Å². The number of rotatable bonds is 5. The second kappa shape index (κ2) is 4.67. The first-order chi connectivity index (χ1) is 7.25. The fourth-order valence-electron chi connectivity index (χ4n) is 1.95. The molecule has 0 spiro atoms. The van der Waals surface area contributed by atoms with Crippen molar-refractivity contribution >= 4 is 5.69 Å². The highest BCUT2D eigenvalue weighted by atomic mass is 14.9. The zero-order valence-electron chi connectivity index (χ0n) is 9.37. The van der Waals surface area contributed by atoms with E-state index in [1.54, 1.807) is 0 Å². The molecule has 0 heterocycles.